The van der Waals surface area contributed by atoms with Gasteiger partial charge in [-0.25, -0.2) is 0 Å². The van der Waals surface area contributed by atoms with E-state index >= 15 is 0 Å². The Balaban J connectivity index is 0.00000208. The average Bonchev–Trinajstić information content (AvgIpc) is 3.17. The van der Waals surface area contributed by atoms with Crippen LogP contribution < -0.4 is 5.32 Å². The molecule has 3 heterocycles. The Hall–Kier alpha value is -0.800. The van der Waals surface area contributed by atoms with Crippen LogP contribution in [0.25, 0.3) is 0 Å². The molecule has 0 bridgehead atoms. The van der Waals surface area contributed by atoms with Gasteiger partial charge < -0.3 is 19.5 Å². The van der Waals surface area contributed by atoms with E-state index < -0.39 is 0 Å². The summed E-state index contributed by atoms with van der Waals surface area (Å²) in [6.07, 6.45) is 4.93. The number of halogens is 1. The second-order valence-corrected chi connectivity index (χ2v) is 6.64. The van der Waals surface area contributed by atoms with E-state index in [4.69, 9.17) is 4.74 Å². The number of aliphatic imine (C=N–C) groups is 1. The summed E-state index contributed by atoms with van der Waals surface area (Å²) < 4.78 is 8.15. The van der Waals surface area contributed by atoms with E-state index in [-0.39, 0.29) is 30.1 Å². The molecule has 7 heteroatoms. The van der Waals surface area contributed by atoms with E-state index in [0.717, 1.165) is 32.2 Å². The van der Waals surface area contributed by atoms with Gasteiger partial charge in [0.05, 0.1) is 19.3 Å². The van der Waals surface area contributed by atoms with Crippen LogP contribution in [0.5, 0.6) is 0 Å². The predicted octanol–water partition coefficient (Wildman–Crippen LogP) is 1.51. The van der Waals surface area contributed by atoms with Crippen molar-refractivity contribution in [1.29, 1.82) is 0 Å². The van der Waals surface area contributed by atoms with Crippen molar-refractivity contribution in [3.8, 4) is 0 Å². The lowest BCUT2D eigenvalue weighted by Gasteiger charge is -2.35. The molecule has 3 rings (SSSR count). The van der Waals surface area contributed by atoms with Gasteiger partial charge in [0.15, 0.2) is 5.96 Å². The third-order valence-corrected chi connectivity index (χ3v) is 4.97. The van der Waals surface area contributed by atoms with E-state index in [0.29, 0.717) is 6.04 Å². The average molecular weight is 447 g/mol. The summed E-state index contributed by atoms with van der Waals surface area (Å²) in [6, 6.07) is 4.87. The Bertz CT molecular complexity index is 547. The van der Waals surface area contributed by atoms with Crippen LogP contribution in [-0.4, -0.2) is 72.8 Å². The smallest absolute Gasteiger partial charge is 0.193 e. The maximum absolute atomic E-state index is 6.01. The van der Waals surface area contributed by atoms with Crippen molar-refractivity contribution < 1.29 is 4.74 Å². The molecular formula is C17H30IN5O. The molecule has 1 aromatic rings. The highest BCUT2D eigenvalue weighted by Gasteiger charge is 2.32. The van der Waals surface area contributed by atoms with Gasteiger partial charge in [0.2, 0.25) is 0 Å². The molecule has 0 saturated carbocycles. The number of nitrogens with one attached hydrogen (secondary N) is 1. The molecule has 136 valence electrons. The lowest BCUT2D eigenvalue weighted by atomic mass is 10.2. The molecule has 0 amide bonds. The van der Waals surface area contributed by atoms with Crippen molar-refractivity contribution >= 4 is 29.9 Å². The van der Waals surface area contributed by atoms with Crippen LogP contribution in [-0.2, 0) is 18.3 Å². The van der Waals surface area contributed by atoms with Crippen LogP contribution in [0.3, 0.4) is 0 Å². The number of fused-ring (bicyclic) bond motifs is 1. The maximum Gasteiger partial charge on any atom is 0.193 e. The van der Waals surface area contributed by atoms with Gasteiger partial charge in [0.25, 0.3) is 0 Å². The standard InChI is InChI=1S/C17H29N5O.HI/c1-18-17(21(3)11-14-6-4-8-20(14)2)19-10-16-12-22-9-5-7-15(22)13-23-16;/h4,6,8,15-16H,5,7,9-13H2,1-3H3,(H,18,19);1H. The maximum atomic E-state index is 6.01. The van der Waals surface area contributed by atoms with Gasteiger partial charge in [-0.1, -0.05) is 0 Å². The number of aryl methyl sites for hydroxylation is 1. The SMILES string of the molecule is CN=C(NCC1CN2CCCC2CO1)N(C)Cc1cccn1C.I. The van der Waals surface area contributed by atoms with Crippen molar-refractivity contribution in [2.75, 3.05) is 40.3 Å². The van der Waals surface area contributed by atoms with Crippen LogP contribution in [0.2, 0.25) is 0 Å². The minimum atomic E-state index is 0. The molecule has 0 aliphatic carbocycles. The summed E-state index contributed by atoms with van der Waals surface area (Å²) in [5, 5.41) is 3.47. The van der Waals surface area contributed by atoms with Gasteiger partial charge in [-0.05, 0) is 31.5 Å². The molecule has 2 aliphatic rings. The van der Waals surface area contributed by atoms with Gasteiger partial charge >= 0.3 is 0 Å². The Kier molecular flexibility index (Phi) is 7.36. The molecule has 2 atom stereocenters. The highest BCUT2D eigenvalue weighted by Crippen LogP contribution is 2.22. The molecule has 6 nitrogen and oxygen atoms in total. The number of hydrogen-bond acceptors (Lipinski definition) is 3. The van der Waals surface area contributed by atoms with Crippen LogP contribution in [0, 0.1) is 0 Å². The molecule has 2 aliphatic heterocycles. The third kappa shape index (κ3) is 4.64. The quantitative estimate of drug-likeness (QED) is 0.432. The fraction of sp³-hybridized carbons (Fsp3) is 0.706. The van der Waals surface area contributed by atoms with Crippen molar-refractivity contribution in [2.24, 2.45) is 12.0 Å². The van der Waals surface area contributed by atoms with Gasteiger partial charge in [0.1, 0.15) is 0 Å². The van der Waals surface area contributed by atoms with Crippen molar-refractivity contribution in [3.05, 3.63) is 24.0 Å². The van der Waals surface area contributed by atoms with Gasteiger partial charge in [-0.2, -0.15) is 0 Å². The molecule has 0 aromatic carbocycles. The lowest BCUT2D eigenvalue weighted by molar-refractivity contribution is -0.0454. The molecule has 2 saturated heterocycles. The molecule has 0 radical (unpaired) electrons. The fourth-order valence-electron chi connectivity index (χ4n) is 3.58. The molecule has 1 N–H and O–H groups in total. The third-order valence-electron chi connectivity index (χ3n) is 4.97. The predicted molar refractivity (Wildman–Crippen MR) is 108 cm³/mol. The Morgan fingerprint density at radius 1 is 1.50 bits per heavy atom. The molecule has 0 spiro atoms. The number of hydrogen-bond donors (Lipinski definition) is 1. The largest absolute Gasteiger partial charge is 0.373 e. The summed E-state index contributed by atoms with van der Waals surface area (Å²) in [7, 11) is 5.98. The van der Waals surface area contributed by atoms with Crippen LogP contribution in [0.15, 0.2) is 23.3 Å². The van der Waals surface area contributed by atoms with Gasteiger partial charge in [-0.15, -0.1) is 24.0 Å². The van der Waals surface area contributed by atoms with Crippen LogP contribution in [0.4, 0.5) is 0 Å². The van der Waals surface area contributed by atoms with E-state index in [1.54, 1.807) is 0 Å². The Labute approximate surface area is 162 Å². The Morgan fingerprint density at radius 2 is 2.33 bits per heavy atom. The lowest BCUT2D eigenvalue weighted by Crippen LogP contribution is -2.51. The topological polar surface area (TPSA) is 45.0 Å². The monoisotopic (exact) mass is 447 g/mol. The summed E-state index contributed by atoms with van der Waals surface area (Å²) >= 11 is 0. The molecule has 2 unspecified atom stereocenters. The van der Waals surface area contributed by atoms with Crippen molar-refractivity contribution in [2.45, 2.75) is 31.5 Å². The number of morpholine rings is 1. The summed E-state index contributed by atoms with van der Waals surface area (Å²) in [5.41, 5.74) is 1.27. The number of guanidine groups is 1. The molecular weight excluding hydrogens is 417 g/mol. The summed E-state index contributed by atoms with van der Waals surface area (Å²) in [5.74, 6) is 0.915. The zero-order valence-electron chi connectivity index (χ0n) is 14.9. The minimum Gasteiger partial charge on any atom is -0.373 e. The van der Waals surface area contributed by atoms with E-state index in [9.17, 15) is 0 Å². The van der Waals surface area contributed by atoms with Crippen molar-refractivity contribution in [3.63, 3.8) is 0 Å². The van der Waals surface area contributed by atoms with Gasteiger partial charge in [0, 0.05) is 52.2 Å². The first kappa shape index (κ1) is 19.5. The second kappa shape index (κ2) is 9.05. The van der Waals surface area contributed by atoms with Gasteiger partial charge in [-0.3, -0.25) is 9.89 Å². The number of rotatable bonds is 4. The molecule has 1 aromatic heterocycles. The highest BCUT2D eigenvalue weighted by atomic mass is 127. The number of aromatic nitrogens is 1. The summed E-state index contributed by atoms with van der Waals surface area (Å²) in [4.78, 5) is 9.13. The fourth-order valence-corrected chi connectivity index (χ4v) is 3.58. The zero-order valence-corrected chi connectivity index (χ0v) is 17.3. The normalized spacial score (nSPS) is 24.4. The summed E-state index contributed by atoms with van der Waals surface area (Å²) in [6.45, 7) is 4.79. The van der Waals surface area contributed by atoms with E-state index in [1.165, 1.54) is 25.1 Å². The minimum absolute atomic E-state index is 0. The first-order valence-corrected chi connectivity index (χ1v) is 8.55. The first-order valence-electron chi connectivity index (χ1n) is 8.55. The second-order valence-electron chi connectivity index (χ2n) is 6.64. The number of nitrogens with zero attached hydrogens (tertiary/aromatic N) is 4. The number of ether oxygens (including phenoxy) is 1. The Morgan fingerprint density at radius 3 is 3.04 bits per heavy atom. The van der Waals surface area contributed by atoms with E-state index in [2.05, 4.69) is 57.1 Å². The zero-order chi connectivity index (χ0) is 16.2. The van der Waals surface area contributed by atoms with Crippen LogP contribution >= 0.6 is 24.0 Å². The first-order chi connectivity index (χ1) is 11.2. The molecule has 24 heavy (non-hydrogen) atoms. The van der Waals surface area contributed by atoms with E-state index in [1.807, 2.05) is 7.05 Å². The van der Waals surface area contributed by atoms with Crippen LogP contribution in [0.1, 0.15) is 18.5 Å². The highest BCUT2D eigenvalue weighted by molar-refractivity contribution is 14.0. The van der Waals surface area contributed by atoms with Crippen molar-refractivity contribution in [1.82, 2.24) is 19.7 Å². The molecule has 2 fully saturated rings.